The molecule has 0 aliphatic heterocycles. The second kappa shape index (κ2) is 11.1. The molecule has 182 valence electrons. The van der Waals surface area contributed by atoms with E-state index in [1.807, 2.05) is 66.4 Å². The van der Waals surface area contributed by atoms with Gasteiger partial charge in [0.05, 0.1) is 27.0 Å². The molecular weight excluding hydrogens is 462 g/mol. The van der Waals surface area contributed by atoms with Gasteiger partial charge in [-0.15, -0.1) is 11.3 Å². The first-order chi connectivity index (χ1) is 17.0. The Kier molecular flexibility index (Phi) is 7.72. The Morgan fingerprint density at radius 3 is 2.29 bits per heavy atom. The number of aromatic nitrogens is 1. The van der Waals surface area contributed by atoms with E-state index in [1.54, 1.807) is 21.3 Å². The molecule has 0 aliphatic carbocycles. The number of furan rings is 1. The lowest BCUT2D eigenvalue weighted by Crippen LogP contribution is -2.15. The van der Waals surface area contributed by atoms with E-state index in [-0.39, 0.29) is 0 Å². The zero-order valence-corrected chi connectivity index (χ0v) is 21.4. The number of rotatable bonds is 9. The molecule has 8 heteroatoms. The van der Waals surface area contributed by atoms with E-state index in [1.165, 1.54) is 16.9 Å². The van der Waals surface area contributed by atoms with E-state index in [0.717, 1.165) is 34.0 Å². The largest absolute Gasteiger partial charge is 0.493 e. The molecule has 0 unspecified atom stereocenters. The van der Waals surface area contributed by atoms with Crippen molar-refractivity contribution in [2.75, 3.05) is 27.9 Å². The minimum Gasteiger partial charge on any atom is -0.493 e. The first-order valence-corrected chi connectivity index (χ1v) is 12.1. The third-order valence-electron chi connectivity index (χ3n) is 5.48. The Morgan fingerprint density at radius 2 is 1.69 bits per heavy atom. The van der Waals surface area contributed by atoms with Crippen LogP contribution in [0.1, 0.15) is 24.0 Å². The van der Waals surface area contributed by atoms with Gasteiger partial charge in [0.2, 0.25) is 10.6 Å². The number of ether oxygens (including phenoxy) is 3. The van der Waals surface area contributed by atoms with E-state index >= 15 is 0 Å². The second-order valence-corrected chi connectivity index (χ2v) is 8.68. The molecular formula is C27H29N3O4S. The Balaban J connectivity index is 1.81. The fraction of sp³-hybridized carbons (Fsp3) is 0.259. The summed E-state index contributed by atoms with van der Waals surface area (Å²) < 4.78 is 24.3. The van der Waals surface area contributed by atoms with Crippen LogP contribution in [0.4, 0.5) is 0 Å². The van der Waals surface area contributed by atoms with Crippen molar-refractivity contribution in [2.24, 2.45) is 10.1 Å². The molecule has 2 aromatic carbocycles. The van der Waals surface area contributed by atoms with Gasteiger partial charge in [0.25, 0.3) is 0 Å². The Morgan fingerprint density at radius 1 is 0.971 bits per heavy atom. The Bertz CT molecular complexity index is 1360. The highest BCUT2D eigenvalue weighted by Crippen LogP contribution is 2.41. The van der Waals surface area contributed by atoms with Crippen molar-refractivity contribution in [3.63, 3.8) is 0 Å². The van der Waals surface area contributed by atoms with Crippen LogP contribution in [0.15, 0.2) is 74.5 Å². The van der Waals surface area contributed by atoms with Crippen molar-refractivity contribution >= 4 is 17.0 Å². The van der Waals surface area contributed by atoms with Gasteiger partial charge in [0, 0.05) is 17.5 Å². The van der Waals surface area contributed by atoms with Crippen molar-refractivity contribution < 1.29 is 18.6 Å². The Hall–Kier alpha value is -3.78. The molecule has 4 aromatic rings. The molecule has 7 nitrogen and oxygen atoms in total. The summed E-state index contributed by atoms with van der Waals surface area (Å²) in [6.07, 6.45) is 0.846. The molecule has 35 heavy (non-hydrogen) atoms. The SMILES string of the molecule is COc1cc(-c2csc(=NCCc3ccccc3)n2N=C(C)c2ccc(C)o2)cc(OC)c1OC. The molecule has 0 fully saturated rings. The minimum atomic E-state index is 0.541. The van der Waals surface area contributed by atoms with Gasteiger partial charge in [-0.1, -0.05) is 30.3 Å². The average molecular weight is 492 g/mol. The van der Waals surface area contributed by atoms with Crippen LogP contribution in [-0.4, -0.2) is 38.3 Å². The van der Waals surface area contributed by atoms with E-state index in [4.69, 9.17) is 28.7 Å². The molecule has 0 atom stereocenters. The van der Waals surface area contributed by atoms with Crippen LogP contribution in [-0.2, 0) is 6.42 Å². The van der Waals surface area contributed by atoms with Crippen LogP contribution in [0.3, 0.4) is 0 Å². The molecule has 0 radical (unpaired) electrons. The lowest BCUT2D eigenvalue weighted by Gasteiger charge is -2.14. The van der Waals surface area contributed by atoms with Gasteiger partial charge >= 0.3 is 0 Å². The summed E-state index contributed by atoms with van der Waals surface area (Å²) in [4.78, 5) is 5.66. The molecule has 0 amide bonds. The summed E-state index contributed by atoms with van der Waals surface area (Å²) in [5, 5.41) is 6.94. The second-order valence-electron chi connectivity index (χ2n) is 7.84. The third-order valence-corrected chi connectivity index (χ3v) is 6.34. The highest BCUT2D eigenvalue weighted by atomic mass is 32.1. The maximum Gasteiger partial charge on any atom is 0.206 e. The van der Waals surface area contributed by atoms with Crippen LogP contribution in [0, 0.1) is 6.92 Å². The number of nitrogens with zero attached hydrogens (tertiary/aromatic N) is 3. The van der Waals surface area contributed by atoms with Gasteiger partial charge in [0.1, 0.15) is 17.2 Å². The fourth-order valence-corrected chi connectivity index (χ4v) is 4.54. The summed E-state index contributed by atoms with van der Waals surface area (Å²) >= 11 is 1.53. The summed E-state index contributed by atoms with van der Waals surface area (Å²) in [6.45, 7) is 4.49. The van der Waals surface area contributed by atoms with Gasteiger partial charge in [-0.2, -0.15) is 5.10 Å². The maximum absolute atomic E-state index is 5.79. The lowest BCUT2D eigenvalue weighted by atomic mass is 10.1. The number of hydrogen-bond acceptors (Lipinski definition) is 7. The van der Waals surface area contributed by atoms with Gasteiger partial charge in [-0.05, 0) is 50.1 Å². The minimum absolute atomic E-state index is 0.541. The van der Waals surface area contributed by atoms with Crippen molar-refractivity contribution in [3.8, 4) is 28.5 Å². The van der Waals surface area contributed by atoms with Crippen LogP contribution in [0.25, 0.3) is 11.3 Å². The quantitative estimate of drug-likeness (QED) is 0.288. The smallest absolute Gasteiger partial charge is 0.206 e. The highest BCUT2D eigenvalue weighted by molar-refractivity contribution is 7.07. The normalized spacial score (nSPS) is 12.1. The lowest BCUT2D eigenvalue weighted by molar-refractivity contribution is 0.324. The topological polar surface area (TPSA) is 70.5 Å². The van der Waals surface area contributed by atoms with Crippen LogP contribution in [0.5, 0.6) is 17.2 Å². The summed E-state index contributed by atoms with van der Waals surface area (Å²) in [5.41, 5.74) is 3.72. The third kappa shape index (κ3) is 5.49. The van der Waals surface area contributed by atoms with Crippen LogP contribution < -0.4 is 19.0 Å². The predicted octanol–water partition coefficient (Wildman–Crippen LogP) is 5.56. The fourth-order valence-electron chi connectivity index (χ4n) is 3.69. The molecule has 0 saturated heterocycles. The van der Waals surface area contributed by atoms with Gasteiger partial charge in [-0.25, -0.2) is 4.68 Å². The van der Waals surface area contributed by atoms with E-state index in [0.29, 0.717) is 29.6 Å². The number of aryl methyl sites for hydroxylation is 1. The standard InChI is InChI=1S/C27H29N3O4S/c1-18-11-12-23(34-18)19(2)29-30-22(21-15-24(31-3)26(33-5)25(16-21)32-4)17-35-27(30)28-14-13-20-9-7-6-8-10-20/h6-12,15-17H,13-14H2,1-5H3. The molecule has 0 N–H and O–H groups in total. The van der Waals surface area contributed by atoms with Crippen molar-refractivity contribution in [1.82, 2.24) is 4.68 Å². The first kappa shape index (κ1) is 24.3. The predicted molar refractivity (Wildman–Crippen MR) is 139 cm³/mol. The zero-order chi connectivity index (χ0) is 24.8. The summed E-state index contributed by atoms with van der Waals surface area (Å²) in [7, 11) is 4.80. The van der Waals surface area contributed by atoms with Crippen LogP contribution in [0.2, 0.25) is 0 Å². The van der Waals surface area contributed by atoms with Crippen molar-refractivity contribution in [2.45, 2.75) is 20.3 Å². The van der Waals surface area contributed by atoms with Gasteiger partial charge in [0.15, 0.2) is 11.5 Å². The molecule has 0 spiro atoms. The van der Waals surface area contributed by atoms with Crippen LogP contribution >= 0.6 is 11.3 Å². The molecule has 4 rings (SSSR count). The molecule has 2 aromatic heterocycles. The molecule has 0 aliphatic rings. The van der Waals surface area contributed by atoms with Gasteiger partial charge in [-0.3, -0.25) is 4.99 Å². The number of hydrogen-bond donors (Lipinski definition) is 0. The molecule has 0 saturated carbocycles. The monoisotopic (exact) mass is 491 g/mol. The van der Waals surface area contributed by atoms with E-state index in [2.05, 4.69) is 12.1 Å². The maximum atomic E-state index is 5.79. The van der Waals surface area contributed by atoms with E-state index < -0.39 is 0 Å². The Labute approximate surface area is 208 Å². The van der Waals surface area contributed by atoms with Crippen molar-refractivity contribution in [3.05, 3.63) is 81.9 Å². The van der Waals surface area contributed by atoms with Crippen molar-refractivity contribution in [1.29, 1.82) is 0 Å². The number of methoxy groups -OCH3 is 3. The highest BCUT2D eigenvalue weighted by Gasteiger charge is 2.17. The van der Waals surface area contributed by atoms with Gasteiger partial charge < -0.3 is 18.6 Å². The molecule has 0 bridgehead atoms. The average Bonchev–Trinajstić information content (AvgIpc) is 3.50. The molecule has 2 heterocycles. The summed E-state index contributed by atoms with van der Waals surface area (Å²) in [5.74, 6) is 3.24. The number of benzene rings is 2. The zero-order valence-electron chi connectivity index (χ0n) is 20.6. The first-order valence-electron chi connectivity index (χ1n) is 11.2. The number of thiazole rings is 1. The summed E-state index contributed by atoms with van der Waals surface area (Å²) in [6, 6.07) is 18.0. The van der Waals surface area contributed by atoms with E-state index in [9.17, 15) is 0 Å².